The zero-order chi connectivity index (χ0) is 14.0. The van der Waals surface area contributed by atoms with Gasteiger partial charge in [0.1, 0.15) is 5.82 Å². The molecule has 1 fully saturated rings. The molecule has 0 spiro atoms. The summed E-state index contributed by atoms with van der Waals surface area (Å²) in [7, 11) is 0. The first-order valence-corrected chi connectivity index (χ1v) is 7.01. The summed E-state index contributed by atoms with van der Waals surface area (Å²) < 4.78 is 14.0. The van der Waals surface area contributed by atoms with Crippen molar-refractivity contribution in [3.8, 4) is 0 Å². The summed E-state index contributed by atoms with van der Waals surface area (Å²) in [4.78, 5) is 14.1. The molecule has 1 heterocycles. The molecule has 3 heteroatoms. The van der Waals surface area contributed by atoms with Gasteiger partial charge >= 0.3 is 0 Å². The van der Waals surface area contributed by atoms with E-state index in [2.05, 4.69) is 13.8 Å². The molecule has 0 unspecified atom stereocenters. The Kier molecular flexibility index (Phi) is 3.93. The lowest BCUT2D eigenvalue weighted by Gasteiger charge is -2.39. The quantitative estimate of drug-likeness (QED) is 0.795. The van der Waals surface area contributed by atoms with Gasteiger partial charge in [-0.15, -0.1) is 0 Å². The van der Waals surface area contributed by atoms with Crippen LogP contribution in [0, 0.1) is 18.2 Å². The summed E-state index contributed by atoms with van der Waals surface area (Å²) in [6, 6.07) is 5.01. The molecule has 0 radical (unpaired) electrons. The van der Waals surface area contributed by atoms with Gasteiger partial charge in [-0.2, -0.15) is 0 Å². The molecular weight excluding hydrogens is 241 g/mol. The number of benzene rings is 1. The first kappa shape index (κ1) is 14.0. The fourth-order valence-corrected chi connectivity index (χ4v) is 2.59. The van der Waals surface area contributed by atoms with Crippen molar-refractivity contribution >= 4 is 5.91 Å². The van der Waals surface area contributed by atoms with Gasteiger partial charge in [0.2, 0.25) is 0 Å². The van der Waals surface area contributed by atoms with E-state index < -0.39 is 0 Å². The zero-order valence-corrected chi connectivity index (χ0v) is 12.0. The van der Waals surface area contributed by atoms with Crippen molar-refractivity contribution in [2.24, 2.45) is 5.41 Å². The molecule has 1 saturated heterocycles. The molecule has 0 saturated carbocycles. The number of piperidine rings is 1. The number of halogens is 1. The van der Waals surface area contributed by atoms with Crippen LogP contribution in [0.2, 0.25) is 0 Å². The van der Waals surface area contributed by atoms with Crippen LogP contribution in [0.4, 0.5) is 4.39 Å². The fourth-order valence-electron chi connectivity index (χ4n) is 2.59. The number of hydrogen-bond donors (Lipinski definition) is 0. The lowest BCUT2D eigenvalue weighted by molar-refractivity contribution is 0.0595. The average Bonchev–Trinajstić information content (AvgIpc) is 2.42. The van der Waals surface area contributed by atoms with Gasteiger partial charge < -0.3 is 4.90 Å². The highest BCUT2D eigenvalue weighted by molar-refractivity contribution is 5.94. The Morgan fingerprint density at radius 3 is 2.58 bits per heavy atom. The van der Waals surface area contributed by atoms with Gasteiger partial charge in [-0.25, -0.2) is 4.39 Å². The topological polar surface area (TPSA) is 20.3 Å². The van der Waals surface area contributed by atoms with Crippen LogP contribution in [0.25, 0.3) is 0 Å². The molecule has 1 aromatic rings. The number of carbonyl (C=O) groups is 1. The van der Waals surface area contributed by atoms with Crippen molar-refractivity contribution in [2.45, 2.75) is 40.0 Å². The Bertz CT molecular complexity index is 476. The molecule has 1 amide bonds. The predicted molar refractivity (Wildman–Crippen MR) is 74.7 cm³/mol. The highest BCUT2D eigenvalue weighted by atomic mass is 19.1. The van der Waals surface area contributed by atoms with E-state index in [0.717, 1.165) is 32.4 Å². The monoisotopic (exact) mass is 263 g/mol. The van der Waals surface area contributed by atoms with Gasteiger partial charge in [0.15, 0.2) is 0 Å². The van der Waals surface area contributed by atoms with Crippen LogP contribution in [0.1, 0.15) is 49.0 Å². The number of aryl methyl sites for hydroxylation is 1. The molecule has 0 aromatic heterocycles. The van der Waals surface area contributed by atoms with E-state index in [0.29, 0.717) is 11.0 Å². The van der Waals surface area contributed by atoms with Crippen LogP contribution in [-0.2, 0) is 0 Å². The molecule has 2 nitrogen and oxygen atoms in total. The summed E-state index contributed by atoms with van der Waals surface area (Å²) in [5.74, 6) is -0.546. The third-order valence-electron chi connectivity index (χ3n) is 4.53. The molecule has 0 N–H and O–H groups in total. The van der Waals surface area contributed by atoms with Crippen molar-refractivity contribution in [1.29, 1.82) is 0 Å². The van der Waals surface area contributed by atoms with Gasteiger partial charge in [-0.05, 0) is 36.8 Å². The van der Waals surface area contributed by atoms with Crippen molar-refractivity contribution in [1.82, 2.24) is 4.90 Å². The van der Waals surface area contributed by atoms with Crippen LogP contribution >= 0.6 is 0 Å². The van der Waals surface area contributed by atoms with Gasteiger partial charge in [-0.1, -0.05) is 32.4 Å². The Morgan fingerprint density at radius 2 is 2.00 bits per heavy atom. The van der Waals surface area contributed by atoms with Crippen LogP contribution in [0.3, 0.4) is 0 Å². The van der Waals surface area contributed by atoms with Crippen LogP contribution < -0.4 is 0 Å². The second-order valence-corrected chi connectivity index (χ2v) is 5.89. The minimum absolute atomic E-state index is 0.167. The highest BCUT2D eigenvalue weighted by Gasteiger charge is 2.31. The van der Waals surface area contributed by atoms with Crippen molar-refractivity contribution in [2.75, 3.05) is 13.1 Å². The van der Waals surface area contributed by atoms with Gasteiger partial charge in [0.05, 0.1) is 5.56 Å². The van der Waals surface area contributed by atoms with Crippen molar-refractivity contribution < 1.29 is 9.18 Å². The number of nitrogens with zero attached hydrogens (tertiary/aromatic N) is 1. The number of amides is 1. The van der Waals surface area contributed by atoms with E-state index in [1.807, 2.05) is 0 Å². The van der Waals surface area contributed by atoms with E-state index in [-0.39, 0.29) is 17.3 Å². The maximum absolute atomic E-state index is 14.0. The Balaban J connectivity index is 2.12. The molecule has 0 atom stereocenters. The van der Waals surface area contributed by atoms with Crippen LogP contribution in [0.15, 0.2) is 18.2 Å². The maximum atomic E-state index is 14.0. The first-order valence-electron chi connectivity index (χ1n) is 7.01. The summed E-state index contributed by atoms with van der Waals surface area (Å²) >= 11 is 0. The molecule has 1 aliphatic heterocycles. The molecule has 1 aromatic carbocycles. The largest absolute Gasteiger partial charge is 0.339 e. The SMILES string of the molecule is CCC1(C)CCN(C(=O)c2cccc(C)c2F)CC1. The molecule has 2 rings (SSSR count). The van der Waals surface area contributed by atoms with Crippen molar-refractivity contribution in [3.63, 3.8) is 0 Å². The minimum Gasteiger partial charge on any atom is -0.339 e. The minimum atomic E-state index is -0.378. The molecular formula is C16H22FNO. The van der Waals surface area contributed by atoms with E-state index in [1.165, 1.54) is 0 Å². The van der Waals surface area contributed by atoms with Gasteiger partial charge in [-0.3, -0.25) is 4.79 Å². The Hall–Kier alpha value is -1.38. The Labute approximate surface area is 114 Å². The molecule has 1 aliphatic rings. The third-order valence-corrected chi connectivity index (χ3v) is 4.53. The normalized spacial score (nSPS) is 18.4. The zero-order valence-electron chi connectivity index (χ0n) is 12.0. The fraction of sp³-hybridized carbons (Fsp3) is 0.562. The molecule has 0 bridgehead atoms. The lowest BCUT2D eigenvalue weighted by Crippen LogP contribution is -2.42. The second-order valence-electron chi connectivity index (χ2n) is 5.89. The Morgan fingerprint density at radius 1 is 1.37 bits per heavy atom. The van der Waals surface area contributed by atoms with E-state index in [9.17, 15) is 9.18 Å². The summed E-state index contributed by atoms with van der Waals surface area (Å²) in [5.41, 5.74) is 1.07. The van der Waals surface area contributed by atoms with E-state index in [1.54, 1.807) is 30.0 Å². The molecule has 104 valence electrons. The third kappa shape index (κ3) is 2.80. The lowest BCUT2D eigenvalue weighted by atomic mass is 9.78. The first-order chi connectivity index (χ1) is 8.97. The molecule has 0 aliphatic carbocycles. The van der Waals surface area contributed by atoms with Gasteiger partial charge in [0, 0.05) is 13.1 Å². The summed E-state index contributed by atoms with van der Waals surface area (Å²) in [6.07, 6.45) is 3.14. The number of hydrogen-bond acceptors (Lipinski definition) is 1. The van der Waals surface area contributed by atoms with Crippen molar-refractivity contribution in [3.05, 3.63) is 35.1 Å². The number of rotatable bonds is 2. The van der Waals surface area contributed by atoms with E-state index in [4.69, 9.17) is 0 Å². The van der Waals surface area contributed by atoms with Crippen LogP contribution in [0.5, 0.6) is 0 Å². The van der Waals surface area contributed by atoms with E-state index >= 15 is 0 Å². The maximum Gasteiger partial charge on any atom is 0.256 e. The molecule has 19 heavy (non-hydrogen) atoms. The number of likely N-dealkylation sites (tertiary alicyclic amines) is 1. The highest BCUT2D eigenvalue weighted by Crippen LogP contribution is 2.34. The second kappa shape index (κ2) is 5.32. The summed E-state index contributed by atoms with van der Waals surface area (Å²) in [6.45, 7) is 7.61. The summed E-state index contributed by atoms with van der Waals surface area (Å²) in [5, 5.41) is 0. The van der Waals surface area contributed by atoms with Gasteiger partial charge in [0.25, 0.3) is 5.91 Å². The average molecular weight is 263 g/mol. The standard InChI is InChI=1S/C16H22FNO/c1-4-16(3)8-10-18(11-9-16)15(19)13-7-5-6-12(2)14(13)17/h5-7H,4,8-11H2,1-3H3. The van der Waals surface area contributed by atoms with Crippen LogP contribution in [-0.4, -0.2) is 23.9 Å². The number of carbonyl (C=O) groups excluding carboxylic acids is 1. The predicted octanol–water partition coefficient (Wildman–Crippen LogP) is 3.79. The smallest absolute Gasteiger partial charge is 0.256 e.